The highest BCUT2D eigenvalue weighted by atomic mass is 16.6. The third-order valence-electron chi connectivity index (χ3n) is 4.71. The molecule has 2 atom stereocenters. The van der Waals surface area contributed by atoms with Gasteiger partial charge in [-0.2, -0.15) is 0 Å². The standard InChI is InChI=1S/C19H25N3O4/c1-13-6-3-4-8-15(13)16-10-17(26-21-16)19(24)22(2)12-18(23)20-11-14-7-5-9-25-14/h3-4,6,8,14,17H,5,7,9-12H2,1-2H3,(H,20,23)/t14-,17+/m1/s1. The van der Waals surface area contributed by atoms with Crippen LogP contribution in [-0.4, -0.2) is 61.4 Å². The number of oxime groups is 1. The molecule has 1 saturated heterocycles. The summed E-state index contributed by atoms with van der Waals surface area (Å²) >= 11 is 0. The molecule has 1 aromatic rings. The Morgan fingerprint density at radius 3 is 2.88 bits per heavy atom. The van der Waals surface area contributed by atoms with Crippen LogP contribution in [-0.2, 0) is 19.2 Å². The van der Waals surface area contributed by atoms with Crippen molar-refractivity contribution in [3.63, 3.8) is 0 Å². The van der Waals surface area contributed by atoms with Gasteiger partial charge in [-0.25, -0.2) is 0 Å². The zero-order valence-electron chi connectivity index (χ0n) is 15.2. The molecule has 2 amide bonds. The van der Waals surface area contributed by atoms with Crippen LogP contribution in [0.3, 0.4) is 0 Å². The van der Waals surface area contributed by atoms with Crippen molar-refractivity contribution in [2.75, 3.05) is 26.7 Å². The molecule has 0 radical (unpaired) electrons. The Morgan fingerprint density at radius 2 is 2.15 bits per heavy atom. The van der Waals surface area contributed by atoms with Crippen molar-refractivity contribution in [3.8, 4) is 0 Å². The fourth-order valence-corrected chi connectivity index (χ4v) is 3.19. The first kappa shape index (κ1) is 18.4. The number of likely N-dealkylation sites (N-methyl/N-ethyl adjacent to an activating group) is 1. The molecule has 0 aromatic heterocycles. The molecule has 0 unspecified atom stereocenters. The Kier molecular flexibility index (Phi) is 5.88. The van der Waals surface area contributed by atoms with Crippen molar-refractivity contribution in [3.05, 3.63) is 35.4 Å². The largest absolute Gasteiger partial charge is 0.382 e. The van der Waals surface area contributed by atoms with E-state index in [4.69, 9.17) is 9.57 Å². The SMILES string of the molecule is Cc1ccccc1C1=NO[C@H](C(=O)N(C)CC(=O)NC[C@H]2CCCO2)C1. The molecule has 2 heterocycles. The number of benzene rings is 1. The average Bonchev–Trinajstić information content (AvgIpc) is 3.31. The van der Waals surface area contributed by atoms with Gasteiger partial charge in [-0.1, -0.05) is 29.4 Å². The van der Waals surface area contributed by atoms with Gasteiger partial charge in [0.1, 0.15) is 0 Å². The molecule has 7 heteroatoms. The highest BCUT2D eigenvalue weighted by molar-refractivity contribution is 6.05. The summed E-state index contributed by atoms with van der Waals surface area (Å²) < 4.78 is 5.47. The van der Waals surface area contributed by atoms with Crippen molar-refractivity contribution in [2.45, 2.75) is 38.4 Å². The minimum Gasteiger partial charge on any atom is -0.382 e. The summed E-state index contributed by atoms with van der Waals surface area (Å²) in [4.78, 5) is 31.3. The van der Waals surface area contributed by atoms with E-state index in [0.29, 0.717) is 13.0 Å². The molecule has 2 aliphatic rings. The van der Waals surface area contributed by atoms with E-state index in [0.717, 1.165) is 36.3 Å². The number of amides is 2. The van der Waals surface area contributed by atoms with Crippen LogP contribution in [0, 0.1) is 6.92 Å². The van der Waals surface area contributed by atoms with E-state index in [2.05, 4.69) is 10.5 Å². The molecular formula is C19H25N3O4. The molecule has 0 saturated carbocycles. The van der Waals surface area contributed by atoms with Crippen LogP contribution in [0.4, 0.5) is 0 Å². The molecule has 0 aliphatic carbocycles. The number of hydrogen-bond acceptors (Lipinski definition) is 5. The molecule has 7 nitrogen and oxygen atoms in total. The van der Waals surface area contributed by atoms with Crippen LogP contribution in [0.25, 0.3) is 0 Å². The number of ether oxygens (including phenoxy) is 1. The second kappa shape index (κ2) is 8.31. The predicted molar refractivity (Wildman–Crippen MR) is 96.8 cm³/mol. The molecular weight excluding hydrogens is 334 g/mol. The number of rotatable bonds is 6. The summed E-state index contributed by atoms with van der Waals surface area (Å²) in [6.45, 7) is 3.23. The van der Waals surface area contributed by atoms with E-state index < -0.39 is 6.10 Å². The van der Waals surface area contributed by atoms with Gasteiger partial charge in [0.05, 0.1) is 18.4 Å². The third kappa shape index (κ3) is 4.40. The number of hydrogen-bond donors (Lipinski definition) is 1. The monoisotopic (exact) mass is 359 g/mol. The lowest BCUT2D eigenvalue weighted by molar-refractivity contribution is -0.143. The summed E-state index contributed by atoms with van der Waals surface area (Å²) in [7, 11) is 1.60. The zero-order valence-corrected chi connectivity index (χ0v) is 15.2. The molecule has 3 rings (SSSR count). The second-order valence-electron chi connectivity index (χ2n) is 6.78. The Balaban J connectivity index is 1.47. The average molecular weight is 359 g/mol. The molecule has 26 heavy (non-hydrogen) atoms. The maximum absolute atomic E-state index is 12.5. The molecule has 1 aromatic carbocycles. The molecule has 140 valence electrons. The smallest absolute Gasteiger partial charge is 0.267 e. The van der Waals surface area contributed by atoms with Crippen LogP contribution in [0.5, 0.6) is 0 Å². The third-order valence-corrected chi connectivity index (χ3v) is 4.71. The molecule has 0 bridgehead atoms. The summed E-state index contributed by atoms with van der Waals surface area (Å²) in [5.41, 5.74) is 2.84. The van der Waals surface area contributed by atoms with Gasteiger partial charge in [0.25, 0.3) is 5.91 Å². The van der Waals surface area contributed by atoms with Crippen molar-refractivity contribution in [1.29, 1.82) is 0 Å². The molecule has 0 spiro atoms. The van der Waals surface area contributed by atoms with Gasteiger partial charge in [0, 0.05) is 32.2 Å². The Bertz CT molecular complexity index is 698. The van der Waals surface area contributed by atoms with Gasteiger partial charge in [-0.15, -0.1) is 0 Å². The quantitative estimate of drug-likeness (QED) is 0.829. The normalized spacial score (nSPS) is 21.8. The lowest BCUT2D eigenvalue weighted by Gasteiger charge is -2.20. The lowest BCUT2D eigenvalue weighted by atomic mass is 10.00. The fourth-order valence-electron chi connectivity index (χ4n) is 3.19. The Labute approximate surface area is 153 Å². The second-order valence-corrected chi connectivity index (χ2v) is 6.78. The van der Waals surface area contributed by atoms with Gasteiger partial charge in [0.2, 0.25) is 12.0 Å². The van der Waals surface area contributed by atoms with Crippen LogP contribution in [0.2, 0.25) is 0 Å². The topological polar surface area (TPSA) is 80.2 Å². The van der Waals surface area contributed by atoms with Gasteiger partial charge in [0.15, 0.2) is 0 Å². The van der Waals surface area contributed by atoms with Gasteiger partial charge < -0.3 is 19.8 Å². The number of carbonyl (C=O) groups is 2. The molecule has 2 aliphatic heterocycles. The van der Waals surface area contributed by atoms with Gasteiger partial charge >= 0.3 is 0 Å². The van der Waals surface area contributed by atoms with Crippen molar-refractivity contribution < 1.29 is 19.2 Å². The van der Waals surface area contributed by atoms with Crippen LogP contribution < -0.4 is 5.32 Å². The van der Waals surface area contributed by atoms with E-state index in [1.54, 1.807) is 7.05 Å². The summed E-state index contributed by atoms with van der Waals surface area (Å²) in [6.07, 6.45) is 1.81. The number of aryl methyl sites for hydroxylation is 1. The summed E-state index contributed by atoms with van der Waals surface area (Å²) in [5.74, 6) is -0.445. The van der Waals surface area contributed by atoms with Crippen molar-refractivity contribution in [2.24, 2.45) is 5.16 Å². The fraction of sp³-hybridized carbons (Fsp3) is 0.526. The maximum atomic E-state index is 12.5. The highest BCUT2D eigenvalue weighted by Crippen LogP contribution is 2.20. The number of carbonyl (C=O) groups excluding carboxylic acids is 2. The van der Waals surface area contributed by atoms with Crippen LogP contribution in [0.1, 0.15) is 30.4 Å². The van der Waals surface area contributed by atoms with E-state index >= 15 is 0 Å². The summed E-state index contributed by atoms with van der Waals surface area (Å²) in [5, 5.41) is 6.89. The van der Waals surface area contributed by atoms with Gasteiger partial charge in [-0.05, 0) is 25.3 Å². The maximum Gasteiger partial charge on any atom is 0.267 e. The molecule has 1 fully saturated rings. The Hall–Kier alpha value is -2.41. The zero-order chi connectivity index (χ0) is 18.5. The summed E-state index contributed by atoms with van der Waals surface area (Å²) in [6, 6.07) is 7.86. The first-order valence-corrected chi connectivity index (χ1v) is 8.96. The van der Waals surface area contributed by atoms with Gasteiger partial charge in [-0.3, -0.25) is 9.59 Å². The van der Waals surface area contributed by atoms with Crippen LogP contribution >= 0.6 is 0 Å². The minimum absolute atomic E-state index is 0.00882. The van der Waals surface area contributed by atoms with E-state index in [1.807, 2.05) is 31.2 Å². The minimum atomic E-state index is -0.680. The number of nitrogens with one attached hydrogen (secondary N) is 1. The molecule has 1 N–H and O–H groups in total. The number of nitrogens with zero attached hydrogens (tertiary/aromatic N) is 2. The predicted octanol–water partition coefficient (Wildman–Crippen LogP) is 1.24. The van der Waals surface area contributed by atoms with E-state index in [-0.39, 0.29) is 24.5 Å². The lowest BCUT2D eigenvalue weighted by Crippen LogP contribution is -2.44. The Morgan fingerprint density at radius 1 is 1.35 bits per heavy atom. The van der Waals surface area contributed by atoms with Crippen molar-refractivity contribution in [1.82, 2.24) is 10.2 Å². The first-order valence-electron chi connectivity index (χ1n) is 8.96. The van der Waals surface area contributed by atoms with Crippen molar-refractivity contribution >= 4 is 17.5 Å². The van der Waals surface area contributed by atoms with E-state index in [1.165, 1.54) is 4.90 Å². The highest BCUT2D eigenvalue weighted by Gasteiger charge is 2.32. The van der Waals surface area contributed by atoms with Crippen LogP contribution in [0.15, 0.2) is 29.4 Å². The first-order chi connectivity index (χ1) is 12.5. The van der Waals surface area contributed by atoms with E-state index in [9.17, 15) is 9.59 Å².